The minimum absolute atomic E-state index is 0.0815. The maximum absolute atomic E-state index is 12.7. The van der Waals surface area contributed by atoms with Crippen LogP contribution in [0.1, 0.15) is 38.2 Å². The molecule has 0 spiro atoms. The summed E-state index contributed by atoms with van der Waals surface area (Å²) in [7, 11) is 0. The number of hydrogen-bond donors (Lipinski definition) is 1. The summed E-state index contributed by atoms with van der Waals surface area (Å²) in [6.45, 7) is 2.26. The molecular weight excluding hydrogens is 399 g/mol. The van der Waals surface area contributed by atoms with Crippen LogP contribution in [0.3, 0.4) is 0 Å². The Morgan fingerprint density at radius 1 is 1.17 bits per heavy atom. The molecule has 0 radical (unpaired) electrons. The van der Waals surface area contributed by atoms with Crippen molar-refractivity contribution in [1.82, 2.24) is 9.80 Å². The molecule has 164 valence electrons. The molecule has 2 fully saturated rings. The molecule has 1 heterocycles. The zero-order chi connectivity index (χ0) is 21.9. The van der Waals surface area contributed by atoms with E-state index in [9.17, 15) is 27.6 Å². The number of benzene rings is 1. The molecule has 0 aromatic heterocycles. The number of carbonyl (C=O) groups excluding carboxylic acids is 3. The van der Waals surface area contributed by atoms with Gasteiger partial charge in [-0.1, -0.05) is 12.1 Å². The summed E-state index contributed by atoms with van der Waals surface area (Å²) < 4.78 is 38.1. The number of hydrogen-bond acceptors (Lipinski definition) is 3. The lowest BCUT2D eigenvalue weighted by Gasteiger charge is -2.32. The molecule has 2 aliphatic rings. The monoisotopic (exact) mass is 425 g/mol. The molecular formula is C21H26F3N3O3. The van der Waals surface area contributed by atoms with Gasteiger partial charge in [0.1, 0.15) is 0 Å². The summed E-state index contributed by atoms with van der Waals surface area (Å²) in [5, 5.41) is 2.80. The Bertz CT molecular complexity index is 808. The number of alkyl halides is 3. The van der Waals surface area contributed by atoms with Crippen LogP contribution < -0.4 is 5.32 Å². The van der Waals surface area contributed by atoms with Gasteiger partial charge in [-0.25, -0.2) is 0 Å². The van der Waals surface area contributed by atoms with Gasteiger partial charge in [0.2, 0.25) is 11.8 Å². The van der Waals surface area contributed by atoms with E-state index in [0.29, 0.717) is 35.7 Å². The van der Waals surface area contributed by atoms with E-state index < -0.39 is 12.1 Å². The van der Waals surface area contributed by atoms with Crippen molar-refractivity contribution in [3.8, 4) is 0 Å². The number of halogens is 3. The summed E-state index contributed by atoms with van der Waals surface area (Å²) >= 11 is 0. The molecule has 1 aromatic rings. The number of piperidine rings is 1. The highest BCUT2D eigenvalue weighted by molar-refractivity contribution is 5.93. The minimum atomic E-state index is -4.92. The molecule has 1 saturated heterocycles. The van der Waals surface area contributed by atoms with E-state index in [4.69, 9.17) is 0 Å². The number of anilines is 1. The fourth-order valence-electron chi connectivity index (χ4n) is 3.70. The molecule has 1 unspecified atom stereocenters. The molecule has 6 nitrogen and oxygen atoms in total. The van der Waals surface area contributed by atoms with Crippen LogP contribution in [0, 0.1) is 11.8 Å². The second-order valence-corrected chi connectivity index (χ2v) is 7.90. The molecule has 30 heavy (non-hydrogen) atoms. The average molecular weight is 425 g/mol. The van der Waals surface area contributed by atoms with Crippen molar-refractivity contribution < 1.29 is 27.6 Å². The minimum Gasteiger partial charge on any atom is -0.342 e. The highest BCUT2D eigenvalue weighted by Gasteiger charge is 2.42. The third-order valence-corrected chi connectivity index (χ3v) is 5.51. The predicted octanol–water partition coefficient (Wildman–Crippen LogP) is 3.18. The van der Waals surface area contributed by atoms with Gasteiger partial charge in [-0.3, -0.25) is 14.4 Å². The van der Waals surface area contributed by atoms with Gasteiger partial charge in [0.15, 0.2) is 0 Å². The lowest BCUT2D eigenvalue weighted by molar-refractivity contribution is -0.185. The molecule has 9 heteroatoms. The zero-order valence-corrected chi connectivity index (χ0v) is 16.9. The van der Waals surface area contributed by atoms with Crippen LogP contribution in [0.4, 0.5) is 18.9 Å². The maximum atomic E-state index is 12.7. The molecule has 3 amide bonds. The number of carbonyl (C=O) groups is 3. The third-order valence-electron chi connectivity index (χ3n) is 5.51. The van der Waals surface area contributed by atoms with E-state index in [1.807, 2.05) is 0 Å². The van der Waals surface area contributed by atoms with Crippen LogP contribution in [-0.2, 0) is 20.9 Å². The van der Waals surface area contributed by atoms with Crippen LogP contribution in [-0.4, -0.2) is 53.3 Å². The van der Waals surface area contributed by atoms with Crippen molar-refractivity contribution in [2.75, 3.05) is 25.0 Å². The van der Waals surface area contributed by atoms with Crippen molar-refractivity contribution >= 4 is 23.4 Å². The Balaban J connectivity index is 1.61. The van der Waals surface area contributed by atoms with Gasteiger partial charge < -0.3 is 15.1 Å². The summed E-state index contributed by atoms with van der Waals surface area (Å²) in [6, 6.07) is 6.46. The van der Waals surface area contributed by atoms with Gasteiger partial charge in [0.25, 0.3) is 0 Å². The van der Waals surface area contributed by atoms with Gasteiger partial charge in [-0.05, 0) is 50.3 Å². The van der Waals surface area contributed by atoms with Crippen molar-refractivity contribution in [3.05, 3.63) is 29.8 Å². The van der Waals surface area contributed by atoms with E-state index in [-0.39, 0.29) is 36.7 Å². The largest absolute Gasteiger partial charge is 0.471 e. The summed E-state index contributed by atoms with van der Waals surface area (Å²) in [6.07, 6.45) is -1.63. The van der Waals surface area contributed by atoms with Crippen LogP contribution in [0.25, 0.3) is 0 Å². The molecule has 1 aromatic carbocycles. The van der Waals surface area contributed by atoms with Crippen LogP contribution in [0.5, 0.6) is 0 Å². The number of likely N-dealkylation sites (tertiary alicyclic amines) is 1. The molecule has 1 N–H and O–H groups in total. The molecule has 1 aliphatic carbocycles. The topological polar surface area (TPSA) is 69.7 Å². The Morgan fingerprint density at radius 3 is 2.53 bits per heavy atom. The third kappa shape index (κ3) is 5.52. The lowest BCUT2D eigenvalue weighted by atomic mass is 9.96. The first-order chi connectivity index (χ1) is 14.2. The van der Waals surface area contributed by atoms with Crippen molar-refractivity contribution in [2.24, 2.45) is 11.8 Å². The van der Waals surface area contributed by atoms with E-state index in [0.717, 1.165) is 19.3 Å². The van der Waals surface area contributed by atoms with Crippen molar-refractivity contribution in [1.29, 1.82) is 0 Å². The van der Waals surface area contributed by atoms with E-state index in [1.165, 1.54) is 6.92 Å². The molecule has 1 saturated carbocycles. The summed E-state index contributed by atoms with van der Waals surface area (Å²) in [4.78, 5) is 38.9. The van der Waals surface area contributed by atoms with Crippen LogP contribution in [0.2, 0.25) is 0 Å². The SMILES string of the molecule is CCN(Cc1cccc(NC(=O)C2CCCN(C(=O)C3CC3)C2)c1)C(=O)C(F)(F)F. The first kappa shape index (κ1) is 22.1. The highest BCUT2D eigenvalue weighted by Crippen LogP contribution is 2.32. The first-order valence-corrected chi connectivity index (χ1v) is 10.2. The maximum Gasteiger partial charge on any atom is 0.471 e. The number of nitrogens with zero attached hydrogens (tertiary/aromatic N) is 2. The number of rotatable bonds is 6. The predicted molar refractivity (Wildman–Crippen MR) is 104 cm³/mol. The fraction of sp³-hybridized carbons (Fsp3) is 0.571. The lowest BCUT2D eigenvalue weighted by Crippen LogP contribution is -2.44. The van der Waals surface area contributed by atoms with Crippen molar-refractivity contribution in [3.63, 3.8) is 0 Å². The van der Waals surface area contributed by atoms with E-state index in [1.54, 1.807) is 29.2 Å². The van der Waals surface area contributed by atoms with Gasteiger partial charge >= 0.3 is 12.1 Å². The van der Waals surface area contributed by atoms with Crippen molar-refractivity contribution in [2.45, 2.75) is 45.3 Å². The van der Waals surface area contributed by atoms with E-state index in [2.05, 4.69) is 5.32 Å². The van der Waals surface area contributed by atoms with Gasteiger partial charge in [0, 0.05) is 37.8 Å². The van der Waals surface area contributed by atoms with Crippen LogP contribution >= 0.6 is 0 Å². The Hall–Kier alpha value is -2.58. The van der Waals surface area contributed by atoms with E-state index >= 15 is 0 Å². The number of amides is 3. The quantitative estimate of drug-likeness (QED) is 0.761. The van der Waals surface area contributed by atoms with Gasteiger partial charge in [0.05, 0.1) is 5.92 Å². The number of nitrogens with one attached hydrogen (secondary N) is 1. The average Bonchev–Trinajstić information content (AvgIpc) is 3.56. The van der Waals surface area contributed by atoms with Gasteiger partial charge in [-0.2, -0.15) is 13.2 Å². The Kier molecular flexibility index (Phi) is 6.67. The first-order valence-electron chi connectivity index (χ1n) is 10.2. The molecule has 0 bridgehead atoms. The molecule has 1 aliphatic heterocycles. The van der Waals surface area contributed by atoms with Crippen LogP contribution in [0.15, 0.2) is 24.3 Å². The zero-order valence-electron chi connectivity index (χ0n) is 16.9. The molecule has 3 rings (SSSR count). The normalized spacial score (nSPS) is 19.3. The summed E-state index contributed by atoms with van der Waals surface area (Å²) in [5.41, 5.74) is 0.945. The Morgan fingerprint density at radius 2 is 1.90 bits per heavy atom. The highest BCUT2D eigenvalue weighted by atomic mass is 19.4. The fourth-order valence-corrected chi connectivity index (χ4v) is 3.70. The Labute approximate surface area is 173 Å². The van der Waals surface area contributed by atoms with Gasteiger partial charge in [-0.15, -0.1) is 0 Å². The summed E-state index contributed by atoms with van der Waals surface area (Å²) in [5.74, 6) is -2.17. The second-order valence-electron chi connectivity index (χ2n) is 7.90. The standard InChI is InChI=1S/C21H26F3N3O3/c1-2-26(20(30)21(22,23)24)12-14-5-3-7-17(11-14)25-18(28)16-6-4-10-27(13-16)19(29)15-8-9-15/h3,5,7,11,15-16H,2,4,6,8-10,12-13H2,1H3,(H,25,28). The smallest absolute Gasteiger partial charge is 0.342 e. The molecule has 1 atom stereocenters. The second kappa shape index (κ2) is 9.06.